The van der Waals surface area contributed by atoms with Crippen LogP contribution in [0.15, 0.2) is 0 Å². The van der Waals surface area contributed by atoms with Crippen LogP contribution >= 0.6 is 0 Å². The first-order valence-electron chi connectivity index (χ1n) is 9.08. The monoisotopic (exact) mass is 278 g/mol. The van der Waals surface area contributed by atoms with Crippen LogP contribution in [0.5, 0.6) is 0 Å². The molecule has 116 valence electrons. The Balaban J connectivity index is 1.63. The molecule has 2 heteroatoms. The number of hydrogen-bond acceptors (Lipinski definition) is 2. The van der Waals surface area contributed by atoms with E-state index in [2.05, 4.69) is 24.1 Å². The molecular formula is C18H34N2. The van der Waals surface area contributed by atoms with Crippen molar-refractivity contribution in [1.82, 2.24) is 10.2 Å². The van der Waals surface area contributed by atoms with Gasteiger partial charge in [0.1, 0.15) is 0 Å². The highest BCUT2D eigenvalue weighted by Gasteiger charge is 2.38. The number of nitrogens with zero attached hydrogens (tertiary/aromatic N) is 1. The molecule has 2 nitrogen and oxygen atoms in total. The first-order chi connectivity index (χ1) is 9.59. The molecular weight excluding hydrogens is 244 g/mol. The van der Waals surface area contributed by atoms with Crippen molar-refractivity contribution in [1.29, 1.82) is 0 Å². The molecule has 1 spiro atoms. The maximum atomic E-state index is 3.94. The Morgan fingerprint density at radius 3 is 2.30 bits per heavy atom. The molecule has 0 aromatic rings. The molecule has 0 aromatic heterocycles. The Hall–Kier alpha value is -0.0800. The molecule has 3 rings (SSSR count). The van der Waals surface area contributed by atoms with Crippen LogP contribution in [0.25, 0.3) is 0 Å². The van der Waals surface area contributed by atoms with Crippen LogP contribution in [0.1, 0.15) is 78.1 Å². The highest BCUT2D eigenvalue weighted by atomic mass is 15.2. The van der Waals surface area contributed by atoms with Crippen molar-refractivity contribution in [3.05, 3.63) is 0 Å². The van der Waals surface area contributed by atoms with Crippen molar-refractivity contribution in [3.63, 3.8) is 0 Å². The SMILES string of the molecule is CC1(C)CCC(N2CCCNC3(CCCCC3)C2)CC1. The summed E-state index contributed by atoms with van der Waals surface area (Å²) < 4.78 is 0. The van der Waals surface area contributed by atoms with Gasteiger partial charge in [-0.2, -0.15) is 0 Å². The van der Waals surface area contributed by atoms with Crippen LogP contribution in [0.2, 0.25) is 0 Å². The molecule has 2 aliphatic carbocycles. The average Bonchev–Trinajstić information content (AvgIpc) is 2.63. The summed E-state index contributed by atoms with van der Waals surface area (Å²) in [6.45, 7) is 8.82. The van der Waals surface area contributed by atoms with E-state index >= 15 is 0 Å². The lowest BCUT2D eigenvalue weighted by Crippen LogP contribution is -2.54. The lowest BCUT2D eigenvalue weighted by Gasteiger charge is -2.45. The maximum Gasteiger partial charge on any atom is 0.0308 e. The van der Waals surface area contributed by atoms with Gasteiger partial charge in [0.25, 0.3) is 0 Å². The molecule has 20 heavy (non-hydrogen) atoms. The molecule has 1 heterocycles. The van der Waals surface area contributed by atoms with Crippen molar-refractivity contribution in [3.8, 4) is 0 Å². The van der Waals surface area contributed by atoms with E-state index in [9.17, 15) is 0 Å². The normalized spacial score (nSPS) is 32.1. The van der Waals surface area contributed by atoms with E-state index in [0.29, 0.717) is 11.0 Å². The molecule has 1 saturated heterocycles. The topological polar surface area (TPSA) is 15.3 Å². The first-order valence-corrected chi connectivity index (χ1v) is 9.08. The molecule has 2 saturated carbocycles. The number of rotatable bonds is 1. The van der Waals surface area contributed by atoms with Gasteiger partial charge in [-0.15, -0.1) is 0 Å². The van der Waals surface area contributed by atoms with Gasteiger partial charge in [0.2, 0.25) is 0 Å². The van der Waals surface area contributed by atoms with E-state index in [1.165, 1.54) is 83.8 Å². The molecule has 0 aromatic carbocycles. The highest BCUT2D eigenvalue weighted by Crippen LogP contribution is 2.38. The molecule has 0 bridgehead atoms. The minimum atomic E-state index is 0.474. The minimum absolute atomic E-state index is 0.474. The Kier molecular flexibility index (Phi) is 4.42. The second-order valence-corrected chi connectivity index (χ2v) is 8.49. The fraction of sp³-hybridized carbons (Fsp3) is 1.00. The van der Waals surface area contributed by atoms with E-state index in [-0.39, 0.29) is 0 Å². The summed E-state index contributed by atoms with van der Waals surface area (Å²) in [5.41, 5.74) is 1.07. The summed E-state index contributed by atoms with van der Waals surface area (Å²) in [5.74, 6) is 0. The van der Waals surface area contributed by atoms with E-state index in [1.807, 2.05) is 0 Å². The average molecular weight is 278 g/mol. The summed E-state index contributed by atoms with van der Waals surface area (Å²) in [7, 11) is 0. The molecule has 0 unspecified atom stereocenters. The van der Waals surface area contributed by atoms with Gasteiger partial charge in [-0.05, 0) is 63.5 Å². The van der Waals surface area contributed by atoms with E-state index < -0.39 is 0 Å². The molecule has 1 N–H and O–H groups in total. The molecule has 0 atom stereocenters. The van der Waals surface area contributed by atoms with Gasteiger partial charge >= 0.3 is 0 Å². The van der Waals surface area contributed by atoms with Crippen molar-refractivity contribution < 1.29 is 0 Å². The van der Waals surface area contributed by atoms with Gasteiger partial charge < -0.3 is 5.32 Å². The van der Waals surface area contributed by atoms with E-state index in [0.717, 1.165) is 6.04 Å². The number of nitrogens with one attached hydrogen (secondary N) is 1. The Morgan fingerprint density at radius 1 is 0.900 bits per heavy atom. The number of hydrogen-bond donors (Lipinski definition) is 1. The lowest BCUT2D eigenvalue weighted by molar-refractivity contribution is 0.0784. The van der Waals surface area contributed by atoms with Gasteiger partial charge in [0.05, 0.1) is 0 Å². The maximum absolute atomic E-state index is 3.94. The molecule has 0 radical (unpaired) electrons. The zero-order chi connectivity index (χ0) is 14.1. The fourth-order valence-electron chi connectivity index (χ4n) is 4.78. The summed E-state index contributed by atoms with van der Waals surface area (Å²) in [6, 6.07) is 0.877. The second-order valence-electron chi connectivity index (χ2n) is 8.49. The van der Waals surface area contributed by atoms with Crippen LogP contribution < -0.4 is 5.32 Å². The highest BCUT2D eigenvalue weighted by molar-refractivity contribution is 4.97. The summed E-state index contributed by atoms with van der Waals surface area (Å²) in [6.07, 6.45) is 14.2. The molecule has 3 aliphatic rings. The third-order valence-corrected chi connectivity index (χ3v) is 6.26. The predicted octanol–water partition coefficient (Wildman–Crippen LogP) is 3.95. The summed E-state index contributed by atoms with van der Waals surface area (Å²) in [5, 5.41) is 3.94. The molecule has 1 aliphatic heterocycles. The van der Waals surface area contributed by atoms with Gasteiger partial charge in [0.15, 0.2) is 0 Å². The third-order valence-electron chi connectivity index (χ3n) is 6.26. The smallest absolute Gasteiger partial charge is 0.0308 e. The largest absolute Gasteiger partial charge is 0.310 e. The first kappa shape index (κ1) is 14.8. The Morgan fingerprint density at radius 2 is 1.60 bits per heavy atom. The fourth-order valence-corrected chi connectivity index (χ4v) is 4.78. The lowest BCUT2D eigenvalue weighted by atomic mass is 9.74. The van der Waals surface area contributed by atoms with Crippen LogP contribution in [0.4, 0.5) is 0 Å². The van der Waals surface area contributed by atoms with Crippen molar-refractivity contribution in [2.24, 2.45) is 5.41 Å². The molecule has 0 amide bonds. The Labute approximate surface area is 125 Å². The summed E-state index contributed by atoms with van der Waals surface area (Å²) in [4.78, 5) is 2.88. The van der Waals surface area contributed by atoms with Gasteiger partial charge in [-0.1, -0.05) is 33.1 Å². The predicted molar refractivity (Wildman–Crippen MR) is 86.0 cm³/mol. The second kappa shape index (κ2) is 5.96. The van der Waals surface area contributed by atoms with Crippen molar-refractivity contribution in [2.75, 3.05) is 19.6 Å². The van der Waals surface area contributed by atoms with E-state index in [1.54, 1.807) is 0 Å². The quantitative estimate of drug-likeness (QED) is 0.781. The minimum Gasteiger partial charge on any atom is -0.310 e. The van der Waals surface area contributed by atoms with Crippen LogP contribution in [-0.4, -0.2) is 36.1 Å². The van der Waals surface area contributed by atoms with Gasteiger partial charge in [-0.25, -0.2) is 0 Å². The summed E-state index contributed by atoms with van der Waals surface area (Å²) >= 11 is 0. The Bertz CT molecular complexity index is 307. The molecule has 3 fully saturated rings. The van der Waals surface area contributed by atoms with Crippen molar-refractivity contribution in [2.45, 2.75) is 89.6 Å². The van der Waals surface area contributed by atoms with E-state index in [4.69, 9.17) is 0 Å². The standard InChI is InChI=1S/C18H34N2/c1-17(2)11-7-16(8-12-17)20-14-6-13-19-18(15-20)9-4-3-5-10-18/h16,19H,3-15H2,1-2H3. The zero-order valence-corrected chi connectivity index (χ0v) is 13.7. The third kappa shape index (κ3) is 3.39. The van der Waals surface area contributed by atoms with Crippen molar-refractivity contribution >= 4 is 0 Å². The van der Waals surface area contributed by atoms with Crippen LogP contribution in [0.3, 0.4) is 0 Å². The van der Waals surface area contributed by atoms with Gasteiger partial charge in [0, 0.05) is 18.1 Å². The van der Waals surface area contributed by atoms with Crippen LogP contribution in [0, 0.1) is 5.41 Å². The van der Waals surface area contributed by atoms with Gasteiger partial charge in [-0.3, -0.25) is 4.90 Å². The zero-order valence-electron chi connectivity index (χ0n) is 13.7. The van der Waals surface area contributed by atoms with Crippen LogP contribution in [-0.2, 0) is 0 Å².